The van der Waals surface area contributed by atoms with Crippen molar-refractivity contribution in [2.24, 2.45) is 0 Å². The number of hydrogen-bond donors (Lipinski definition) is 0. The number of alkyl halides is 1. The van der Waals surface area contributed by atoms with Gasteiger partial charge in [-0.15, -0.1) is 0 Å². The van der Waals surface area contributed by atoms with Crippen molar-refractivity contribution in [1.82, 2.24) is 9.80 Å². The molecule has 0 aromatic heterocycles. The van der Waals surface area contributed by atoms with E-state index in [2.05, 4.69) is 6.07 Å². The van der Waals surface area contributed by atoms with E-state index in [4.69, 9.17) is 4.74 Å². The highest BCUT2D eigenvalue weighted by Gasteiger charge is 2.53. The highest BCUT2D eigenvalue weighted by Crippen LogP contribution is 2.36. The molecule has 9 heteroatoms. The molecule has 0 radical (unpaired) electrons. The zero-order valence-corrected chi connectivity index (χ0v) is 18.6. The summed E-state index contributed by atoms with van der Waals surface area (Å²) in [6.45, 7) is 1.31. The lowest BCUT2D eigenvalue weighted by molar-refractivity contribution is -0.140. The third-order valence-electron chi connectivity index (χ3n) is 6.44. The topological polar surface area (TPSA) is 73.6 Å². The molecule has 2 heterocycles. The van der Waals surface area contributed by atoms with Crippen molar-refractivity contribution < 1.29 is 27.5 Å². The maximum absolute atomic E-state index is 14.7. The molecule has 0 saturated carbocycles. The Bertz CT molecular complexity index is 1110. The van der Waals surface area contributed by atoms with Crippen LogP contribution in [0.5, 0.6) is 5.75 Å². The van der Waals surface area contributed by atoms with Gasteiger partial charge in [0.15, 0.2) is 17.4 Å². The Morgan fingerprint density at radius 2 is 1.88 bits per heavy atom. The number of nitrogens with zero attached hydrogens (tertiary/aromatic N) is 3. The van der Waals surface area contributed by atoms with Crippen molar-refractivity contribution >= 4 is 11.8 Å². The Morgan fingerprint density at radius 3 is 2.53 bits per heavy atom. The lowest BCUT2D eigenvalue weighted by atomic mass is 9.95. The van der Waals surface area contributed by atoms with Gasteiger partial charge in [-0.25, -0.2) is 13.2 Å². The summed E-state index contributed by atoms with van der Waals surface area (Å²) in [7, 11) is 0. The first-order valence-corrected chi connectivity index (χ1v) is 11.1. The van der Waals surface area contributed by atoms with Crippen molar-refractivity contribution in [1.29, 1.82) is 5.26 Å². The van der Waals surface area contributed by atoms with Crippen LogP contribution in [0, 0.1) is 23.0 Å². The monoisotopic (exact) mass is 471 g/mol. The van der Waals surface area contributed by atoms with Gasteiger partial charge >= 0.3 is 0 Å². The van der Waals surface area contributed by atoms with Crippen molar-refractivity contribution in [2.45, 2.75) is 50.5 Å². The fraction of sp³-hybridized carbons (Fsp3) is 0.400. The summed E-state index contributed by atoms with van der Waals surface area (Å²) in [6.07, 6.45) is -0.598. The van der Waals surface area contributed by atoms with E-state index < -0.39 is 47.0 Å². The smallest absolute Gasteiger partial charge is 0.255 e. The van der Waals surface area contributed by atoms with E-state index in [1.807, 2.05) is 0 Å². The molecule has 2 aromatic rings. The van der Waals surface area contributed by atoms with Gasteiger partial charge in [0.05, 0.1) is 12.6 Å². The van der Waals surface area contributed by atoms with Crippen LogP contribution in [-0.4, -0.2) is 52.5 Å². The zero-order valence-electron chi connectivity index (χ0n) is 18.6. The lowest BCUT2D eigenvalue weighted by Crippen LogP contribution is -2.57. The molecule has 2 fully saturated rings. The summed E-state index contributed by atoms with van der Waals surface area (Å²) in [6, 6.07) is 11.9. The Labute approximate surface area is 195 Å². The molecule has 2 aliphatic heterocycles. The Kier molecular flexibility index (Phi) is 6.51. The molecule has 3 atom stereocenters. The van der Waals surface area contributed by atoms with Crippen LogP contribution in [0.4, 0.5) is 13.2 Å². The second-order valence-electron chi connectivity index (χ2n) is 8.82. The minimum Gasteiger partial charge on any atom is -0.483 e. The van der Waals surface area contributed by atoms with E-state index >= 15 is 0 Å². The maximum Gasteiger partial charge on any atom is 0.255 e. The second kappa shape index (κ2) is 9.37. The molecule has 2 saturated heterocycles. The van der Waals surface area contributed by atoms with E-state index in [-0.39, 0.29) is 25.1 Å². The zero-order chi connectivity index (χ0) is 24.5. The van der Waals surface area contributed by atoms with Gasteiger partial charge in [0.1, 0.15) is 24.4 Å². The molecule has 2 aliphatic rings. The molecule has 2 aromatic carbocycles. The second-order valence-corrected chi connectivity index (χ2v) is 8.82. The molecule has 0 N–H and O–H groups in total. The van der Waals surface area contributed by atoms with Gasteiger partial charge in [-0.1, -0.05) is 30.3 Å². The molecular formula is C25H24F3N3O3. The summed E-state index contributed by atoms with van der Waals surface area (Å²) in [5.41, 5.74) is -1.21. The summed E-state index contributed by atoms with van der Waals surface area (Å²) in [5, 5.41) is 9.33. The molecule has 0 bridgehead atoms. The van der Waals surface area contributed by atoms with Crippen LogP contribution in [-0.2, 0) is 11.4 Å². The summed E-state index contributed by atoms with van der Waals surface area (Å²) < 4.78 is 49.2. The maximum atomic E-state index is 14.7. The van der Waals surface area contributed by atoms with Gasteiger partial charge in [-0.2, -0.15) is 5.26 Å². The molecule has 0 aliphatic carbocycles. The van der Waals surface area contributed by atoms with Crippen LogP contribution in [0.1, 0.15) is 42.1 Å². The molecule has 1 unspecified atom stereocenters. The van der Waals surface area contributed by atoms with Gasteiger partial charge < -0.3 is 14.5 Å². The van der Waals surface area contributed by atoms with Crippen LogP contribution >= 0.6 is 0 Å². The SMILES string of the molecule is CC1(C(=O)N2CCC[C@H]2C#N)C[C@@H](F)CN1C(=O)c1cc(F)c(OCc2ccccc2)c(F)c1. The van der Waals surface area contributed by atoms with Gasteiger partial charge in [0.2, 0.25) is 5.91 Å². The normalized spacial score (nSPS) is 24.2. The highest BCUT2D eigenvalue weighted by molar-refractivity contribution is 6.00. The first-order chi connectivity index (χ1) is 16.2. The minimum absolute atomic E-state index is 0.0693. The quantitative estimate of drug-likeness (QED) is 0.661. The fourth-order valence-electron chi connectivity index (χ4n) is 4.68. The predicted octanol–water partition coefficient (Wildman–Crippen LogP) is 4.00. The molecule has 178 valence electrons. The van der Waals surface area contributed by atoms with Crippen molar-refractivity contribution in [3.8, 4) is 11.8 Å². The van der Waals surface area contributed by atoms with Crippen LogP contribution in [0.15, 0.2) is 42.5 Å². The van der Waals surface area contributed by atoms with E-state index in [1.54, 1.807) is 30.3 Å². The predicted molar refractivity (Wildman–Crippen MR) is 116 cm³/mol. The van der Waals surface area contributed by atoms with E-state index in [0.29, 0.717) is 24.9 Å². The lowest BCUT2D eigenvalue weighted by Gasteiger charge is -2.37. The van der Waals surface area contributed by atoms with Crippen LogP contribution in [0.2, 0.25) is 0 Å². The Balaban J connectivity index is 1.57. The first kappa shape index (κ1) is 23.6. The van der Waals surface area contributed by atoms with Crippen LogP contribution < -0.4 is 4.74 Å². The molecule has 0 spiro atoms. The van der Waals surface area contributed by atoms with Gasteiger partial charge in [0, 0.05) is 18.5 Å². The van der Waals surface area contributed by atoms with E-state index in [0.717, 1.165) is 17.0 Å². The number of amides is 2. The largest absolute Gasteiger partial charge is 0.483 e. The number of carbonyl (C=O) groups excluding carboxylic acids is 2. The van der Waals surface area contributed by atoms with Gasteiger partial charge in [-0.3, -0.25) is 9.59 Å². The summed E-state index contributed by atoms with van der Waals surface area (Å²) >= 11 is 0. The number of ether oxygens (including phenoxy) is 1. The number of benzene rings is 2. The number of rotatable bonds is 5. The fourth-order valence-corrected chi connectivity index (χ4v) is 4.68. The minimum atomic E-state index is -1.56. The third-order valence-corrected chi connectivity index (χ3v) is 6.44. The van der Waals surface area contributed by atoms with E-state index in [9.17, 15) is 28.0 Å². The number of hydrogen-bond acceptors (Lipinski definition) is 4. The number of nitriles is 1. The van der Waals surface area contributed by atoms with Crippen molar-refractivity contribution in [3.05, 3.63) is 65.2 Å². The molecular weight excluding hydrogens is 447 g/mol. The number of likely N-dealkylation sites (tertiary alicyclic amines) is 2. The average Bonchev–Trinajstić information content (AvgIpc) is 3.42. The standard InChI is InChI=1S/C25H24F3N3O3/c1-25(24(33)30-9-5-8-19(30)13-29)12-18(26)14-31(25)23(32)17-10-20(27)22(21(28)11-17)34-15-16-6-3-2-4-7-16/h2-4,6-7,10-11,18-19H,5,8-9,12,14-15H2,1H3/t18-,19+,25?/m1/s1. The van der Waals surface area contributed by atoms with Gasteiger partial charge in [-0.05, 0) is 37.5 Å². The summed E-state index contributed by atoms with van der Waals surface area (Å²) in [4.78, 5) is 28.9. The number of halogens is 3. The van der Waals surface area contributed by atoms with Crippen molar-refractivity contribution in [3.63, 3.8) is 0 Å². The Morgan fingerprint density at radius 1 is 1.21 bits per heavy atom. The molecule has 2 amide bonds. The van der Waals surface area contributed by atoms with Crippen LogP contribution in [0.3, 0.4) is 0 Å². The van der Waals surface area contributed by atoms with Crippen molar-refractivity contribution in [2.75, 3.05) is 13.1 Å². The average molecular weight is 471 g/mol. The Hall–Kier alpha value is -3.54. The first-order valence-electron chi connectivity index (χ1n) is 11.1. The van der Waals surface area contributed by atoms with Gasteiger partial charge in [0.25, 0.3) is 5.91 Å². The highest BCUT2D eigenvalue weighted by atomic mass is 19.1. The van der Waals surface area contributed by atoms with Crippen LogP contribution in [0.25, 0.3) is 0 Å². The third kappa shape index (κ3) is 4.32. The molecule has 6 nitrogen and oxygen atoms in total. The van der Waals surface area contributed by atoms with E-state index in [1.165, 1.54) is 11.8 Å². The summed E-state index contributed by atoms with van der Waals surface area (Å²) in [5.74, 6) is -4.18. The molecule has 34 heavy (non-hydrogen) atoms. The molecule has 4 rings (SSSR count). The number of carbonyl (C=O) groups is 2.